The monoisotopic (exact) mass is 255 g/mol. The molecule has 0 fully saturated rings. The largest absolute Gasteiger partial charge is 0.293 e. The summed E-state index contributed by atoms with van der Waals surface area (Å²) >= 11 is 6.08. The van der Waals surface area contributed by atoms with Crippen LogP contribution in [0.15, 0.2) is 24.3 Å². The molecular formula is C12H18ClN3O. The number of halogens is 1. The molecule has 1 amide bonds. The average molecular weight is 256 g/mol. The molecule has 94 valence electrons. The lowest BCUT2D eigenvalue weighted by molar-refractivity contribution is -0.126. The number of nitrogens with two attached hydrogens (primary N) is 1. The summed E-state index contributed by atoms with van der Waals surface area (Å²) in [7, 11) is 1.88. The van der Waals surface area contributed by atoms with Crippen LogP contribution in [0.4, 0.5) is 0 Å². The number of carbonyl (C=O) groups is 1. The molecule has 1 aromatic carbocycles. The van der Waals surface area contributed by atoms with Gasteiger partial charge in [-0.2, -0.15) is 0 Å². The topological polar surface area (TPSA) is 58.4 Å². The van der Waals surface area contributed by atoms with Crippen molar-refractivity contribution in [3.05, 3.63) is 34.9 Å². The minimum atomic E-state index is -0.240. The van der Waals surface area contributed by atoms with Gasteiger partial charge in [0.15, 0.2) is 0 Å². The molecule has 4 nitrogen and oxygen atoms in total. The zero-order chi connectivity index (χ0) is 12.8. The van der Waals surface area contributed by atoms with Crippen molar-refractivity contribution in [1.29, 1.82) is 0 Å². The maximum absolute atomic E-state index is 11.5. The van der Waals surface area contributed by atoms with Crippen LogP contribution in [0.3, 0.4) is 0 Å². The van der Waals surface area contributed by atoms with E-state index in [0.29, 0.717) is 18.0 Å². The highest BCUT2D eigenvalue weighted by atomic mass is 35.5. The van der Waals surface area contributed by atoms with Crippen molar-refractivity contribution in [2.75, 3.05) is 7.05 Å². The van der Waals surface area contributed by atoms with Crippen molar-refractivity contribution in [1.82, 2.24) is 10.3 Å². The molecule has 0 aliphatic heterocycles. The van der Waals surface area contributed by atoms with Crippen LogP contribution in [0.2, 0.25) is 5.02 Å². The Morgan fingerprint density at radius 3 is 2.71 bits per heavy atom. The minimum absolute atomic E-state index is 0.179. The van der Waals surface area contributed by atoms with E-state index in [1.54, 1.807) is 0 Å². The molecule has 5 heteroatoms. The first-order valence-electron chi connectivity index (χ1n) is 5.54. The van der Waals surface area contributed by atoms with Gasteiger partial charge >= 0.3 is 0 Å². The molecule has 0 radical (unpaired) electrons. The van der Waals surface area contributed by atoms with E-state index in [9.17, 15) is 4.79 Å². The molecule has 0 bridgehead atoms. The highest BCUT2D eigenvalue weighted by molar-refractivity contribution is 6.31. The van der Waals surface area contributed by atoms with Gasteiger partial charge in [0.2, 0.25) is 0 Å². The molecule has 1 unspecified atom stereocenters. The first-order valence-corrected chi connectivity index (χ1v) is 5.92. The number of hydrogen-bond acceptors (Lipinski definition) is 3. The van der Waals surface area contributed by atoms with Gasteiger partial charge in [0, 0.05) is 11.6 Å². The number of nitrogens with zero attached hydrogens (tertiary/aromatic N) is 1. The summed E-state index contributed by atoms with van der Waals surface area (Å²) in [5, 5.41) is 0.711. The van der Waals surface area contributed by atoms with Crippen LogP contribution in [0, 0.1) is 0 Å². The van der Waals surface area contributed by atoms with Crippen LogP contribution in [-0.2, 0) is 11.3 Å². The van der Waals surface area contributed by atoms with E-state index in [-0.39, 0.29) is 11.9 Å². The predicted molar refractivity (Wildman–Crippen MR) is 69.3 cm³/mol. The van der Waals surface area contributed by atoms with Gasteiger partial charge in [0.05, 0.1) is 6.04 Å². The van der Waals surface area contributed by atoms with Crippen LogP contribution < -0.4 is 11.3 Å². The number of hydrogen-bond donors (Lipinski definition) is 2. The predicted octanol–water partition coefficient (Wildman–Crippen LogP) is 1.54. The smallest absolute Gasteiger partial charge is 0.251 e. The fourth-order valence-corrected chi connectivity index (χ4v) is 1.99. The minimum Gasteiger partial charge on any atom is -0.293 e. The number of carbonyl (C=O) groups excluding carboxylic acids is 1. The molecule has 0 spiro atoms. The molecule has 0 aliphatic rings. The average Bonchev–Trinajstić information content (AvgIpc) is 2.32. The summed E-state index contributed by atoms with van der Waals surface area (Å²) in [4.78, 5) is 13.5. The van der Waals surface area contributed by atoms with Gasteiger partial charge in [-0.25, -0.2) is 5.84 Å². The number of amides is 1. The summed E-state index contributed by atoms with van der Waals surface area (Å²) in [6.07, 6.45) is 0.698. The van der Waals surface area contributed by atoms with Gasteiger partial charge in [0.25, 0.3) is 5.91 Å². The van der Waals surface area contributed by atoms with Gasteiger partial charge in [-0.3, -0.25) is 15.1 Å². The number of nitrogens with one attached hydrogen (secondary N) is 1. The van der Waals surface area contributed by atoms with Crippen LogP contribution in [0.5, 0.6) is 0 Å². The molecule has 1 aromatic rings. The Morgan fingerprint density at radius 1 is 1.53 bits per heavy atom. The van der Waals surface area contributed by atoms with E-state index < -0.39 is 0 Å². The molecular weight excluding hydrogens is 238 g/mol. The Hall–Kier alpha value is -1.10. The molecule has 0 heterocycles. The van der Waals surface area contributed by atoms with Crippen molar-refractivity contribution < 1.29 is 4.79 Å². The lowest BCUT2D eigenvalue weighted by Crippen LogP contribution is -2.47. The number of likely N-dealkylation sites (N-methyl/N-ethyl adjacent to an activating group) is 1. The van der Waals surface area contributed by atoms with Gasteiger partial charge in [-0.05, 0) is 25.1 Å². The quantitative estimate of drug-likeness (QED) is 0.477. The molecule has 1 rings (SSSR count). The van der Waals surface area contributed by atoms with Crippen LogP contribution in [0.1, 0.15) is 18.9 Å². The van der Waals surface area contributed by atoms with E-state index in [2.05, 4.69) is 5.43 Å². The van der Waals surface area contributed by atoms with Crippen molar-refractivity contribution in [2.45, 2.75) is 25.9 Å². The van der Waals surface area contributed by atoms with E-state index in [1.807, 2.05) is 43.1 Å². The van der Waals surface area contributed by atoms with Gasteiger partial charge < -0.3 is 0 Å². The molecule has 1 atom stereocenters. The molecule has 3 N–H and O–H groups in total. The van der Waals surface area contributed by atoms with Crippen LogP contribution in [-0.4, -0.2) is 23.9 Å². The third kappa shape index (κ3) is 3.70. The van der Waals surface area contributed by atoms with E-state index in [4.69, 9.17) is 17.4 Å². The molecule has 0 aliphatic carbocycles. The third-order valence-corrected chi connectivity index (χ3v) is 3.11. The third-order valence-electron chi connectivity index (χ3n) is 2.74. The number of benzene rings is 1. The van der Waals surface area contributed by atoms with E-state index in [0.717, 1.165) is 5.56 Å². The second-order valence-electron chi connectivity index (χ2n) is 3.94. The van der Waals surface area contributed by atoms with E-state index >= 15 is 0 Å². The van der Waals surface area contributed by atoms with Gasteiger partial charge in [0.1, 0.15) is 0 Å². The summed E-state index contributed by atoms with van der Waals surface area (Å²) in [5.41, 5.74) is 3.18. The highest BCUT2D eigenvalue weighted by Crippen LogP contribution is 2.17. The molecule has 0 saturated heterocycles. The Bertz CT molecular complexity index is 384. The first kappa shape index (κ1) is 14.0. The lowest BCUT2D eigenvalue weighted by Gasteiger charge is -2.25. The molecule has 0 aromatic heterocycles. The maximum Gasteiger partial charge on any atom is 0.251 e. The Labute approximate surface area is 107 Å². The maximum atomic E-state index is 11.5. The van der Waals surface area contributed by atoms with Crippen molar-refractivity contribution in [3.8, 4) is 0 Å². The summed E-state index contributed by atoms with van der Waals surface area (Å²) < 4.78 is 0. The number of rotatable bonds is 5. The Balaban J connectivity index is 2.74. The van der Waals surface area contributed by atoms with Crippen molar-refractivity contribution >= 4 is 17.5 Å². The lowest BCUT2D eigenvalue weighted by atomic mass is 10.1. The Morgan fingerprint density at radius 2 is 2.18 bits per heavy atom. The normalized spacial score (nSPS) is 12.5. The second-order valence-corrected chi connectivity index (χ2v) is 4.35. The first-order chi connectivity index (χ1) is 8.10. The highest BCUT2D eigenvalue weighted by Gasteiger charge is 2.20. The zero-order valence-electron chi connectivity index (χ0n) is 10.1. The fraction of sp³-hybridized carbons (Fsp3) is 0.417. The van der Waals surface area contributed by atoms with E-state index in [1.165, 1.54) is 0 Å². The second kappa shape index (κ2) is 6.59. The Kier molecular flexibility index (Phi) is 5.41. The fourth-order valence-electron chi connectivity index (χ4n) is 1.80. The standard InChI is InChI=1S/C12H18ClN3O/c1-3-11(12(17)15-14)16(2)8-9-6-4-5-7-10(9)13/h4-7,11H,3,8,14H2,1-2H3,(H,15,17). The summed E-state index contributed by atoms with van der Waals surface area (Å²) in [5.74, 6) is 4.98. The summed E-state index contributed by atoms with van der Waals surface area (Å²) in [6, 6.07) is 7.37. The number of hydrazine groups is 1. The SMILES string of the molecule is CCC(C(=O)NN)N(C)Cc1ccccc1Cl. The van der Waals surface area contributed by atoms with Gasteiger partial charge in [-0.15, -0.1) is 0 Å². The van der Waals surface area contributed by atoms with Crippen molar-refractivity contribution in [3.63, 3.8) is 0 Å². The zero-order valence-corrected chi connectivity index (χ0v) is 10.9. The summed E-state index contributed by atoms with van der Waals surface area (Å²) in [6.45, 7) is 2.56. The van der Waals surface area contributed by atoms with Gasteiger partial charge in [-0.1, -0.05) is 36.7 Å². The molecule has 17 heavy (non-hydrogen) atoms. The van der Waals surface area contributed by atoms with Crippen LogP contribution >= 0.6 is 11.6 Å². The van der Waals surface area contributed by atoms with Crippen LogP contribution in [0.25, 0.3) is 0 Å². The van der Waals surface area contributed by atoms with Crippen molar-refractivity contribution in [2.24, 2.45) is 5.84 Å². The molecule has 0 saturated carbocycles.